The van der Waals surface area contributed by atoms with Crippen molar-refractivity contribution in [3.8, 4) is 0 Å². The Balaban J connectivity index is 1.52. The first kappa shape index (κ1) is 17.8. The summed E-state index contributed by atoms with van der Waals surface area (Å²) in [6.07, 6.45) is 2.77. The summed E-state index contributed by atoms with van der Waals surface area (Å²) in [6, 6.07) is 5.56. The van der Waals surface area contributed by atoms with Crippen LogP contribution in [0, 0.1) is 17.6 Å². The van der Waals surface area contributed by atoms with Gasteiger partial charge in [0, 0.05) is 37.1 Å². The number of fused-ring (bicyclic) bond motifs is 2. The fourth-order valence-electron chi connectivity index (χ4n) is 5.46. The number of carbonyl (C=O) groups excluding carboxylic acids is 1. The van der Waals surface area contributed by atoms with Crippen LogP contribution >= 0.6 is 0 Å². The second-order valence-corrected chi connectivity index (χ2v) is 8.15. The van der Waals surface area contributed by atoms with Crippen molar-refractivity contribution in [1.29, 1.82) is 0 Å². The zero-order valence-electron chi connectivity index (χ0n) is 15.8. The van der Waals surface area contributed by atoms with Crippen LogP contribution in [0.15, 0.2) is 28.8 Å². The molecule has 4 aliphatic heterocycles. The maximum Gasteiger partial charge on any atom is 0.276 e. The van der Waals surface area contributed by atoms with E-state index in [-0.39, 0.29) is 23.9 Å². The number of aryl methyl sites for hydroxylation is 1. The van der Waals surface area contributed by atoms with Gasteiger partial charge in [-0.1, -0.05) is 12.1 Å². The molecule has 5 nitrogen and oxygen atoms in total. The molecular weight excluding hydrogens is 364 g/mol. The number of aromatic nitrogens is 1. The molecule has 0 aliphatic carbocycles. The Morgan fingerprint density at radius 1 is 1.14 bits per heavy atom. The molecule has 148 valence electrons. The zero-order valence-corrected chi connectivity index (χ0v) is 15.8. The molecule has 5 heterocycles. The highest BCUT2D eigenvalue weighted by Gasteiger charge is 2.55. The van der Waals surface area contributed by atoms with E-state index in [0.717, 1.165) is 32.0 Å². The van der Waals surface area contributed by atoms with E-state index in [1.54, 1.807) is 6.07 Å². The van der Waals surface area contributed by atoms with Crippen LogP contribution in [0.1, 0.15) is 47.5 Å². The Morgan fingerprint density at radius 2 is 1.86 bits per heavy atom. The molecule has 1 aromatic carbocycles. The summed E-state index contributed by atoms with van der Waals surface area (Å²) < 4.78 is 33.0. The molecule has 28 heavy (non-hydrogen) atoms. The molecule has 4 saturated heterocycles. The summed E-state index contributed by atoms with van der Waals surface area (Å²) in [4.78, 5) is 17.5. The molecule has 0 radical (unpaired) electrons. The molecule has 2 bridgehead atoms. The molecule has 0 unspecified atom stereocenters. The first-order chi connectivity index (χ1) is 13.5. The first-order valence-corrected chi connectivity index (χ1v) is 10.0. The molecule has 4 fully saturated rings. The van der Waals surface area contributed by atoms with Gasteiger partial charge in [0.1, 0.15) is 17.4 Å². The molecule has 6 rings (SSSR count). The lowest BCUT2D eigenvalue weighted by molar-refractivity contribution is -0.00371. The predicted molar refractivity (Wildman–Crippen MR) is 97.9 cm³/mol. The number of amides is 1. The van der Waals surface area contributed by atoms with Gasteiger partial charge in [0.15, 0.2) is 5.69 Å². The second kappa shape index (κ2) is 6.65. The van der Waals surface area contributed by atoms with Gasteiger partial charge in [0.25, 0.3) is 5.91 Å². The largest absolute Gasteiger partial charge is 0.361 e. The van der Waals surface area contributed by atoms with E-state index >= 15 is 0 Å². The zero-order chi connectivity index (χ0) is 19.4. The highest BCUT2D eigenvalue weighted by atomic mass is 19.1. The normalized spacial score (nSPS) is 31.2. The first-order valence-electron chi connectivity index (χ1n) is 10.0. The fraction of sp³-hybridized carbons (Fsp3) is 0.524. The van der Waals surface area contributed by atoms with Crippen molar-refractivity contribution < 1.29 is 18.1 Å². The Bertz CT molecular complexity index is 887. The molecule has 3 atom stereocenters. The molecular formula is C21H23F2N3O2. The van der Waals surface area contributed by atoms with Crippen LogP contribution in [0.3, 0.4) is 0 Å². The SMILES string of the molecule is CCc1cc(C(=O)N2C[C@@H](c3cc(F)cc(F)c3)[C@@H]3[C@H]2C2CCN3CC2)no1. The Morgan fingerprint density at radius 3 is 2.50 bits per heavy atom. The third-order valence-corrected chi connectivity index (χ3v) is 6.69. The summed E-state index contributed by atoms with van der Waals surface area (Å²) in [5.74, 6) is -0.309. The van der Waals surface area contributed by atoms with Gasteiger partial charge < -0.3 is 9.42 Å². The van der Waals surface area contributed by atoms with Gasteiger partial charge in [-0.25, -0.2) is 8.78 Å². The summed E-state index contributed by atoms with van der Waals surface area (Å²) in [7, 11) is 0. The summed E-state index contributed by atoms with van der Waals surface area (Å²) in [5, 5.41) is 3.96. The predicted octanol–water partition coefficient (Wildman–Crippen LogP) is 3.22. The van der Waals surface area contributed by atoms with Gasteiger partial charge in [-0.15, -0.1) is 0 Å². The van der Waals surface area contributed by atoms with Gasteiger partial charge in [-0.2, -0.15) is 0 Å². The van der Waals surface area contributed by atoms with E-state index in [9.17, 15) is 13.6 Å². The van der Waals surface area contributed by atoms with Gasteiger partial charge in [-0.3, -0.25) is 9.69 Å². The molecule has 1 amide bonds. The maximum atomic E-state index is 13.9. The number of hydrogen-bond donors (Lipinski definition) is 0. The smallest absolute Gasteiger partial charge is 0.276 e. The number of rotatable bonds is 3. The van der Waals surface area contributed by atoms with Crippen molar-refractivity contribution in [2.45, 2.75) is 44.2 Å². The van der Waals surface area contributed by atoms with Crippen molar-refractivity contribution in [1.82, 2.24) is 15.0 Å². The van der Waals surface area contributed by atoms with Gasteiger partial charge >= 0.3 is 0 Å². The quantitative estimate of drug-likeness (QED) is 0.812. The van der Waals surface area contributed by atoms with Gasteiger partial charge in [-0.05, 0) is 49.5 Å². The van der Waals surface area contributed by atoms with Crippen LogP contribution in [-0.2, 0) is 6.42 Å². The van der Waals surface area contributed by atoms with E-state index in [4.69, 9.17) is 4.52 Å². The number of halogens is 2. The molecule has 1 aromatic heterocycles. The monoisotopic (exact) mass is 387 g/mol. The fourth-order valence-corrected chi connectivity index (χ4v) is 5.46. The number of hydrogen-bond acceptors (Lipinski definition) is 4. The van der Waals surface area contributed by atoms with E-state index in [2.05, 4.69) is 10.1 Å². The topological polar surface area (TPSA) is 49.6 Å². The minimum atomic E-state index is -0.573. The van der Waals surface area contributed by atoms with Crippen molar-refractivity contribution in [2.24, 2.45) is 5.92 Å². The highest BCUT2D eigenvalue weighted by Crippen LogP contribution is 2.47. The lowest BCUT2D eigenvalue weighted by Crippen LogP contribution is -2.60. The van der Waals surface area contributed by atoms with Crippen LogP contribution in [0.2, 0.25) is 0 Å². The standard InChI is InChI=1S/C21H23F2N3O2/c1-2-16-10-18(24-28-16)21(27)26-11-17(13-7-14(22)9-15(23)8-13)20-19(26)12-3-5-25(20)6-4-12/h7-10,12,17,19-20H,2-6,11H2,1H3/t17-,19+,20+/m0/s1. The third-order valence-electron chi connectivity index (χ3n) is 6.69. The Kier molecular flexibility index (Phi) is 4.23. The minimum absolute atomic E-state index is 0.0492. The lowest BCUT2D eigenvalue weighted by Gasteiger charge is -2.51. The molecule has 0 spiro atoms. The number of likely N-dealkylation sites (tertiary alicyclic amines) is 1. The Hall–Kier alpha value is -2.28. The molecule has 0 N–H and O–H groups in total. The molecule has 0 saturated carbocycles. The number of piperidine rings is 3. The van der Waals surface area contributed by atoms with Crippen LogP contribution in [0.4, 0.5) is 8.78 Å². The lowest BCUT2D eigenvalue weighted by atomic mass is 9.75. The Labute approximate surface area is 162 Å². The van der Waals surface area contributed by atoms with E-state index in [0.29, 0.717) is 35.9 Å². The average Bonchev–Trinajstić information content (AvgIpc) is 3.34. The number of benzene rings is 1. The summed E-state index contributed by atoms with van der Waals surface area (Å²) in [6.45, 7) is 4.35. The van der Waals surface area contributed by atoms with Crippen molar-refractivity contribution >= 4 is 5.91 Å². The average molecular weight is 387 g/mol. The summed E-state index contributed by atoms with van der Waals surface area (Å²) >= 11 is 0. The number of carbonyl (C=O) groups is 1. The van der Waals surface area contributed by atoms with Crippen LogP contribution < -0.4 is 0 Å². The van der Waals surface area contributed by atoms with E-state index in [1.807, 2.05) is 11.8 Å². The van der Waals surface area contributed by atoms with Crippen LogP contribution in [0.25, 0.3) is 0 Å². The van der Waals surface area contributed by atoms with Gasteiger partial charge in [0.05, 0.1) is 6.04 Å². The minimum Gasteiger partial charge on any atom is -0.361 e. The number of nitrogens with zero attached hydrogens (tertiary/aromatic N) is 3. The van der Waals surface area contributed by atoms with Crippen molar-refractivity contribution in [2.75, 3.05) is 19.6 Å². The molecule has 4 aliphatic rings. The van der Waals surface area contributed by atoms with E-state index in [1.165, 1.54) is 12.1 Å². The second-order valence-electron chi connectivity index (χ2n) is 8.15. The van der Waals surface area contributed by atoms with Crippen LogP contribution in [-0.4, -0.2) is 52.6 Å². The maximum absolute atomic E-state index is 13.9. The molecule has 2 aromatic rings. The highest BCUT2D eigenvalue weighted by molar-refractivity contribution is 5.93. The van der Waals surface area contributed by atoms with Gasteiger partial charge in [0.2, 0.25) is 0 Å². The van der Waals surface area contributed by atoms with Crippen molar-refractivity contribution in [3.63, 3.8) is 0 Å². The van der Waals surface area contributed by atoms with Crippen molar-refractivity contribution in [3.05, 3.63) is 52.9 Å². The van der Waals surface area contributed by atoms with E-state index < -0.39 is 11.6 Å². The summed E-state index contributed by atoms with van der Waals surface area (Å²) in [5.41, 5.74) is 0.947. The third kappa shape index (κ3) is 2.75. The molecule has 7 heteroatoms. The van der Waals surface area contributed by atoms with Crippen LogP contribution in [0.5, 0.6) is 0 Å².